The summed E-state index contributed by atoms with van der Waals surface area (Å²) in [5.74, 6) is 1.53. The third-order valence-electron chi connectivity index (χ3n) is 2.79. The molecule has 3 nitrogen and oxygen atoms in total. The molecule has 0 heterocycles. The largest absolute Gasteiger partial charge is 0.0906 e. The molecule has 1 aliphatic carbocycles. The van der Waals surface area contributed by atoms with Gasteiger partial charge in [-0.2, -0.15) is 0 Å². The van der Waals surface area contributed by atoms with Crippen molar-refractivity contribution < 1.29 is 0 Å². The van der Waals surface area contributed by atoms with Crippen molar-refractivity contribution in [3.8, 4) is 0 Å². The van der Waals surface area contributed by atoms with Crippen LogP contribution >= 0.6 is 0 Å². The highest BCUT2D eigenvalue weighted by molar-refractivity contribution is 4.79. The van der Waals surface area contributed by atoms with Crippen LogP contribution in [-0.4, -0.2) is 6.04 Å². The van der Waals surface area contributed by atoms with Crippen molar-refractivity contribution in [1.82, 2.24) is 0 Å². The zero-order valence-electron chi connectivity index (χ0n) is 7.20. The Hall–Kier alpha value is -0.690. The fraction of sp³-hybridized carbons (Fsp3) is 1.00. The third kappa shape index (κ3) is 2.12. The molecule has 0 aliphatic heterocycles. The first kappa shape index (κ1) is 8.41. The second-order valence-corrected chi connectivity index (χ2v) is 3.63. The maximum absolute atomic E-state index is 8.23. The predicted octanol–water partition coefficient (Wildman–Crippen LogP) is 3.12. The molecule has 0 aromatic rings. The summed E-state index contributed by atoms with van der Waals surface area (Å²) in [6.45, 7) is 4.51. The van der Waals surface area contributed by atoms with Gasteiger partial charge < -0.3 is 0 Å². The molecule has 0 N–H and O–H groups in total. The fourth-order valence-electron chi connectivity index (χ4n) is 1.70. The van der Waals surface area contributed by atoms with Gasteiger partial charge in [0.25, 0.3) is 0 Å². The van der Waals surface area contributed by atoms with Gasteiger partial charge in [-0.1, -0.05) is 25.4 Å². The lowest BCUT2D eigenvalue weighted by Gasteiger charge is -2.29. The Bertz CT molecular complexity index is 172. The number of rotatable bonds is 1. The molecule has 1 aliphatic rings. The minimum Gasteiger partial charge on any atom is -0.0906 e. The summed E-state index contributed by atoms with van der Waals surface area (Å²) in [6, 6.07) is 0.270. The van der Waals surface area contributed by atoms with Crippen LogP contribution in [0.3, 0.4) is 0 Å². The van der Waals surface area contributed by atoms with Crippen molar-refractivity contribution in [2.24, 2.45) is 17.0 Å². The van der Waals surface area contributed by atoms with Gasteiger partial charge in [-0.3, -0.25) is 0 Å². The van der Waals surface area contributed by atoms with Crippen molar-refractivity contribution in [1.29, 1.82) is 0 Å². The predicted molar refractivity (Wildman–Crippen MR) is 45.1 cm³/mol. The summed E-state index contributed by atoms with van der Waals surface area (Å²) < 4.78 is 0. The van der Waals surface area contributed by atoms with E-state index in [1.807, 2.05) is 0 Å². The minimum absolute atomic E-state index is 0.270. The maximum Gasteiger partial charge on any atom is 0.0376 e. The molecule has 0 amide bonds. The molecule has 3 atom stereocenters. The molecule has 3 heteroatoms. The van der Waals surface area contributed by atoms with Crippen LogP contribution < -0.4 is 0 Å². The van der Waals surface area contributed by atoms with E-state index in [2.05, 4.69) is 23.9 Å². The second kappa shape index (κ2) is 3.63. The van der Waals surface area contributed by atoms with Crippen LogP contribution in [0.25, 0.3) is 10.4 Å². The summed E-state index contributed by atoms with van der Waals surface area (Å²) in [7, 11) is 0. The zero-order valence-corrected chi connectivity index (χ0v) is 7.20. The summed E-state index contributed by atoms with van der Waals surface area (Å²) >= 11 is 0. The first-order valence-corrected chi connectivity index (χ1v) is 4.28. The lowest BCUT2D eigenvalue weighted by molar-refractivity contribution is 0.251. The molecule has 0 aromatic carbocycles. The maximum atomic E-state index is 8.23. The van der Waals surface area contributed by atoms with Crippen LogP contribution in [0.1, 0.15) is 33.1 Å². The monoisotopic (exact) mass is 153 g/mol. The highest BCUT2D eigenvalue weighted by Gasteiger charge is 2.23. The molecule has 0 saturated heterocycles. The van der Waals surface area contributed by atoms with E-state index in [1.165, 1.54) is 6.42 Å². The van der Waals surface area contributed by atoms with Gasteiger partial charge in [0.05, 0.1) is 0 Å². The van der Waals surface area contributed by atoms with Crippen molar-refractivity contribution in [3.05, 3.63) is 10.4 Å². The normalized spacial score (nSPS) is 37.8. The Kier molecular flexibility index (Phi) is 2.77. The summed E-state index contributed by atoms with van der Waals surface area (Å²) in [5.41, 5.74) is 8.23. The Morgan fingerprint density at radius 2 is 2.00 bits per heavy atom. The quantitative estimate of drug-likeness (QED) is 0.316. The molecular formula is C8H15N3. The molecule has 0 radical (unpaired) electrons. The van der Waals surface area contributed by atoms with Crippen LogP contribution in [0.2, 0.25) is 0 Å². The van der Waals surface area contributed by atoms with E-state index >= 15 is 0 Å². The molecule has 1 rings (SSSR count). The highest BCUT2D eigenvalue weighted by atomic mass is 15.1. The highest BCUT2D eigenvalue weighted by Crippen LogP contribution is 2.30. The molecule has 1 fully saturated rings. The van der Waals surface area contributed by atoms with Gasteiger partial charge in [0.15, 0.2) is 0 Å². The molecule has 11 heavy (non-hydrogen) atoms. The van der Waals surface area contributed by atoms with E-state index in [0.29, 0.717) is 0 Å². The Labute approximate surface area is 67.4 Å². The summed E-state index contributed by atoms with van der Waals surface area (Å²) in [5, 5.41) is 3.75. The van der Waals surface area contributed by atoms with Gasteiger partial charge in [0.1, 0.15) is 0 Å². The molecular weight excluding hydrogens is 138 g/mol. The second-order valence-electron chi connectivity index (χ2n) is 3.63. The summed E-state index contributed by atoms with van der Waals surface area (Å²) in [6.07, 6.45) is 3.37. The van der Waals surface area contributed by atoms with Crippen LogP contribution in [0, 0.1) is 11.8 Å². The van der Waals surface area contributed by atoms with E-state index in [9.17, 15) is 0 Å². The van der Waals surface area contributed by atoms with E-state index in [4.69, 9.17) is 5.53 Å². The molecule has 0 bridgehead atoms. The van der Waals surface area contributed by atoms with Gasteiger partial charge in [-0.05, 0) is 30.2 Å². The lowest BCUT2D eigenvalue weighted by atomic mass is 9.79. The van der Waals surface area contributed by atoms with Gasteiger partial charge >= 0.3 is 0 Å². The van der Waals surface area contributed by atoms with Crippen molar-refractivity contribution >= 4 is 0 Å². The van der Waals surface area contributed by atoms with Crippen LogP contribution in [-0.2, 0) is 0 Å². The SMILES string of the molecule is CC1CCC(N=[N+]=[N-])CC1C. The standard InChI is InChI=1S/C8H15N3/c1-6-3-4-8(10-11-9)5-7(6)2/h6-8H,3-5H2,1-2H3. The third-order valence-corrected chi connectivity index (χ3v) is 2.79. The topological polar surface area (TPSA) is 48.8 Å². The molecule has 62 valence electrons. The van der Waals surface area contributed by atoms with Crippen molar-refractivity contribution in [2.45, 2.75) is 39.2 Å². The summed E-state index contributed by atoms with van der Waals surface area (Å²) in [4.78, 5) is 2.84. The smallest absolute Gasteiger partial charge is 0.0376 e. The Morgan fingerprint density at radius 3 is 2.55 bits per heavy atom. The van der Waals surface area contributed by atoms with Gasteiger partial charge in [-0.15, -0.1) is 0 Å². The van der Waals surface area contributed by atoms with Crippen LogP contribution in [0.5, 0.6) is 0 Å². The number of azide groups is 1. The Balaban J connectivity index is 2.45. The van der Waals surface area contributed by atoms with Gasteiger partial charge in [0.2, 0.25) is 0 Å². The van der Waals surface area contributed by atoms with Crippen molar-refractivity contribution in [2.75, 3.05) is 0 Å². The van der Waals surface area contributed by atoms with Crippen LogP contribution in [0.15, 0.2) is 5.11 Å². The Morgan fingerprint density at radius 1 is 1.27 bits per heavy atom. The number of nitrogens with zero attached hydrogens (tertiary/aromatic N) is 3. The number of hydrogen-bond acceptors (Lipinski definition) is 1. The van der Waals surface area contributed by atoms with E-state index in [-0.39, 0.29) is 6.04 Å². The minimum atomic E-state index is 0.270. The number of hydrogen-bond donors (Lipinski definition) is 0. The van der Waals surface area contributed by atoms with Gasteiger partial charge in [-0.25, -0.2) is 0 Å². The molecule has 3 unspecified atom stereocenters. The van der Waals surface area contributed by atoms with Crippen molar-refractivity contribution in [3.63, 3.8) is 0 Å². The first-order valence-electron chi connectivity index (χ1n) is 4.28. The average Bonchev–Trinajstić information content (AvgIpc) is 1.98. The average molecular weight is 153 g/mol. The lowest BCUT2D eigenvalue weighted by Crippen LogP contribution is -2.22. The molecule has 0 aromatic heterocycles. The van der Waals surface area contributed by atoms with Gasteiger partial charge in [0, 0.05) is 11.0 Å². The fourth-order valence-corrected chi connectivity index (χ4v) is 1.70. The van der Waals surface area contributed by atoms with Crippen LogP contribution in [0.4, 0.5) is 0 Å². The van der Waals surface area contributed by atoms with E-state index < -0.39 is 0 Å². The first-order chi connectivity index (χ1) is 5.24. The molecule has 1 saturated carbocycles. The van der Waals surface area contributed by atoms with E-state index in [0.717, 1.165) is 24.7 Å². The molecule has 0 spiro atoms. The van der Waals surface area contributed by atoms with E-state index in [1.54, 1.807) is 0 Å². The zero-order chi connectivity index (χ0) is 8.27.